The van der Waals surface area contributed by atoms with Gasteiger partial charge in [-0.3, -0.25) is 9.59 Å². The molecule has 0 atom stereocenters. The van der Waals surface area contributed by atoms with Crippen molar-refractivity contribution in [3.05, 3.63) is 65.2 Å². The van der Waals surface area contributed by atoms with E-state index < -0.39 is 11.9 Å². The molecule has 0 saturated heterocycles. The van der Waals surface area contributed by atoms with Gasteiger partial charge in [-0.1, -0.05) is 26.0 Å². The van der Waals surface area contributed by atoms with Crippen molar-refractivity contribution in [2.75, 3.05) is 19.0 Å². The van der Waals surface area contributed by atoms with Crippen molar-refractivity contribution < 1.29 is 19.1 Å². The molecule has 0 aliphatic rings. The second-order valence-electron chi connectivity index (χ2n) is 6.58. The van der Waals surface area contributed by atoms with Gasteiger partial charge in [0.25, 0.3) is 11.8 Å². The second kappa shape index (κ2) is 9.52. The molecule has 6 heteroatoms. The minimum atomic E-state index is -0.545. The van der Waals surface area contributed by atoms with Crippen molar-refractivity contribution in [2.24, 2.45) is 5.92 Å². The van der Waals surface area contributed by atoms with E-state index in [0.29, 0.717) is 22.7 Å². The van der Waals surface area contributed by atoms with Gasteiger partial charge in [0.1, 0.15) is 0 Å². The summed E-state index contributed by atoms with van der Waals surface area (Å²) in [6, 6.07) is 13.6. The van der Waals surface area contributed by atoms with Gasteiger partial charge in [0.05, 0.1) is 5.56 Å². The van der Waals surface area contributed by atoms with Crippen LogP contribution in [0.1, 0.15) is 40.1 Å². The van der Waals surface area contributed by atoms with Gasteiger partial charge in [0.2, 0.25) is 0 Å². The number of anilines is 1. The first-order valence-electron chi connectivity index (χ1n) is 8.77. The lowest BCUT2D eigenvalue weighted by Gasteiger charge is -2.08. The van der Waals surface area contributed by atoms with Gasteiger partial charge in [-0.05, 0) is 54.3 Å². The molecule has 142 valence electrons. The summed E-state index contributed by atoms with van der Waals surface area (Å²) >= 11 is 0. The van der Waals surface area contributed by atoms with Gasteiger partial charge in [-0.2, -0.15) is 0 Å². The smallest absolute Gasteiger partial charge is 0.338 e. The van der Waals surface area contributed by atoms with E-state index in [1.807, 2.05) is 12.1 Å². The Bertz CT molecular complexity index is 796. The average Bonchev–Trinajstić information content (AvgIpc) is 2.66. The maximum Gasteiger partial charge on any atom is 0.338 e. The van der Waals surface area contributed by atoms with Gasteiger partial charge in [-0.15, -0.1) is 0 Å². The molecule has 2 aromatic rings. The highest BCUT2D eigenvalue weighted by Crippen LogP contribution is 2.12. The number of rotatable bonds is 7. The Morgan fingerprint density at radius 3 is 2.07 bits per heavy atom. The molecule has 0 aromatic heterocycles. The standard InChI is InChI=1S/C21H24N2O4/c1-14(2)12-15-4-6-17(7-5-15)21(26)27-13-19(24)23-18-10-8-16(9-11-18)20(25)22-3/h4-11,14H,12-13H2,1-3H3,(H,22,25)(H,23,24). The first-order chi connectivity index (χ1) is 12.9. The number of esters is 1. The van der Waals surface area contributed by atoms with E-state index >= 15 is 0 Å². The molecule has 0 saturated carbocycles. The quantitative estimate of drug-likeness (QED) is 0.736. The Morgan fingerprint density at radius 2 is 1.52 bits per heavy atom. The van der Waals surface area contributed by atoms with Gasteiger partial charge in [0.15, 0.2) is 6.61 Å². The molecule has 2 aromatic carbocycles. The van der Waals surface area contributed by atoms with E-state index in [-0.39, 0.29) is 12.5 Å². The van der Waals surface area contributed by atoms with E-state index in [2.05, 4.69) is 24.5 Å². The Hall–Kier alpha value is -3.15. The topological polar surface area (TPSA) is 84.5 Å². The van der Waals surface area contributed by atoms with Crippen LogP contribution in [0.3, 0.4) is 0 Å². The number of benzene rings is 2. The number of ether oxygens (including phenoxy) is 1. The third kappa shape index (κ3) is 6.26. The van der Waals surface area contributed by atoms with Gasteiger partial charge < -0.3 is 15.4 Å². The van der Waals surface area contributed by atoms with Gasteiger partial charge in [0, 0.05) is 18.3 Å². The highest BCUT2D eigenvalue weighted by atomic mass is 16.5. The van der Waals surface area contributed by atoms with Crippen LogP contribution in [-0.2, 0) is 16.0 Å². The van der Waals surface area contributed by atoms with E-state index in [0.717, 1.165) is 12.0 Å². The SMILES string of the molecule is CNC(=O)c1ccc(NC(=O)COC(=O)c2ccc(CC(C)C)cc2)cc1. The highest BCUT2D eigenvalue weighted by molar-refractivity contribution is 5.97. The molecule has 2 rings (SSSR count). The molecule has 2 amide bonds. The zero-order valence-electron chi connectivity index (χ0n) is 15.7. The van der Waals surface area contributed by atoms with Gasteiger partial charge in [-0.25, -0.2) is 4.79 Å². The van der Waals surface area contributed by atoms with E-state index in [1.54, 1.807) is 43.4 Å². The Labute approximate surface area is 158 Å². The van der Waals surface area contributed by atoms with Crippen molar-refractivity contribution in [1.29, 1.82) is 0 Å². The average molecular weight is 368 g/mol. The number of hydrogen-bond donors (Lipinski definition) is 2. The maximum absolute atomic E-state index is 12.0. The summed E-state index contributed by atoms with van der Waals surface area (Å²) in [7, 11) is 1.55. The van der Waals surface area contributed by atoms with Crippen LogP contribution < -0.4 is 10.6 Å². The fourth-order valence-electron chi connectivity index (χ4n) is 2.51. The summed E-state index contributed by atoms with van der Waals surface area (Å²) < 4.78 is 5.05. The predicted molar refractivity (Wildman–Crippen MR) is 104 cm³/mol. The van der Waals surface area contributed by atoms with Crippen LogP contribution in [0.4, 0.5) is 5.69 Å². The second-order valence-corrected chi connectivity index (χ2v) is 6.58. The summed E-state index contributed by atoms with van der Waals surface area (Å²) in [6.07, 6.45) is 0.941. The van der Waals surface area contributed by atoms with Crippen LogP contribution in [0.25, 0.3) is 0 Å². The lowest BCUT2D eigenvalue weighted by Crippen LogP contribution is -2.21. The molecule has 0 heterocycles. The number of carbonyl (C=O) groups excluding carboxylic acids is 3. The lowest BCUT2D eigenvalue weighted by molar-refractivity contribution is -0.119. The van der Waals surface area contributed by atoms with Crippen LogP contribution in [0.15, 0.2) is 48.5 Å². The first-order valence-corrected chi connectivity index (χ1v) is 8.77. The normalized spacial score (nSPS) is 10.4. The Balaban J connectivity index is 1.84. The molecule has 0 radical (unpaired) electrons. The van der Waals surface area contributed by atoms with Gasteiger partial charge >= 0.3 is 5.97 Å². The number of hydrogen-bond acceptors (Lipinski definition) is 4. The van der Waals surface area contributed by atoms with Crippen molar-refractivity contribution in [1.82, 2.24) is 5.32 Å². The molecule has 0 fully saturated rings. The van der Waals surface area contributed by atoms with E-state index in [1.165, 1.54) is 0 Å². The number of carbonyl (C=O) groups is 3. The zero-order valence-corrected chi connectivity index (χ0v) is 15.7. The number of nitrogens with one attached hydrogen (secondary N) is 2. The van der Waals surface area contributed by atoms with Crippen LogP contribution in [-0.4, -0.2) is 31.4 Å². The molecule has 0 bridgehead atoms. The van der Waals surface area contributed by atoms with Crippen LogP contribution >= 0.6 is 0 Å². The summed E-state index contributed by atoms with van der Waals surface area (Å²) in [5.41, 5.74) is 2.56. The van der Waals surface area contributed by atoms with Crippen molar-refractivity contribution in [2.45, 2.75) is 20.3 Å². The molecular formula is C21H24N2O4. The third-order valence-corrected chi connectivity index (χ3v) is 3.83. The highest BCUT2D eigenvalue weighted by Gasteiger charge is 2.11. The van der Waals surface area contributed by atoms with Crippen molar-refractivity contribution >= 4 is 23.5 Å². The maximum atomic E-state index is 12.0. The molecule has 0 spiro atoms. The van der Waals surface area contributed by atoms with Crippen molar-refractivity contribution in [3.63, 3.8) is 0 Å². The summed E-state index contributed by atoms with van der Waals surface area (Å²) in [4.78, 5) is 35.4. The number of amides is 2. The summed E-state index contributed by atoms with van der Waals surface area (Å²) in [6.45, 7) is 3.88. The fraction of sp³-hybridized carbons (Fsp3) is 0.286. The first kappa shape index (κ1) is 20.2. The zero-order chi connectivity index (χ0) is 19.8. The molecule has 0 unspecified atom stereocenters. The van der Waals surface area contributed by atoms with Crippen molar-refractivity contribution in [3.8, 4) is 0 Å². The minimum Gasteiger partial charge on any atom is -0.452 e. The summed E-state index contributed by atoms with van der Waals surface area (Å²) in [5.74, 6) is -0.665. The van der Waals surface area contributed by atoms with Crippen LogP contribution in [0, 0.1) is 5.92 Å². The fourth-order valence-corrected chi connectivity index (χ4v) is 2.51. The summed E-state index contributed by atoms with van der Waals surface area (Å²) in [5, 5.41) is 5.13. The predicted octanol–water partition coefficient (Wildman–Crippen LogP) is 3.04. The third-order valence-electron chi connectivity index (χ3n) is 3.83. The van der Waals surface area contributed by atoms with E-state index in [9.17, 15) is 14.4 Å². The minimum absolute atomic E-state index is 0.207. The van der Waals surface area contributed by atoms with Crippen LogP contribution in [0.2, 0.25) is 0 Å². The molecule has 0 aliphatic carbocycles. The molecule has 27 heavy (non-hydrogen) atoms. The molecule has 0 aliphatic heterocycles. The molecular weight excluding hydrogens is 344 g/mol. The largest absolute Gasteiger partial charge is 0.452 e. The van der Waals surface area contributed by atoms with E-state index in [4.69, 9.17) is 4.74 Å². The Morgan fingerprint density at radius 1 is 0.926 bits per heavy atom. The Kier molecular flexibility index (Phi) is 7.11. The van der Waals surface area contributed by atoms with Crippen LogP contribution in [0.5, 0.6) is 0 Å². The molecule has 2 N–H and O–H groups in total. The molecule has 6 nitrogen and oxygen atoms in total. The monoisotopic (exact) mass is 368 g/mol. The lowest BCUT2D eigenvalue weighted by atomic mass is 10.0.